The summed E-state index contributed by atoms with van der Waals surface area (Å²) >= 11 is 7.87. The van der Waals surface area contributed by atoms with Crippen LogP contribution < -0.4 is 4.90 Å². The number of aliphatic hydroxyl groups is 1. The molecule has 2 aromatic rings. The predicted molar refractivity (Wildman–Crippen MR) is 106 cm³/mol. The molecule has 0 spiro atoms. The molecule has 0 fully saturated rings. The van der Waals surface area contributed by atoms with Crippen LogP contribution in [0.15, 0.2) is 48.5 Å². The van der Waals surface area contributed by atoms with Crippen molar-refractivity contribution in [1.29, 1.82) is 0 Å². The number of aryl methyl sites for hydroxylation is 1. The summed E-state index contributed by atoms with van der Waals surface area (Å²) in [6.45, 7) is 3.56. The quantitative estimate of drug-likeness (QED) is 0.821. The maximum absolute atomic E-state index is 11.6. The topological polar surface area (TPSA) is 26.5 Å². The molecule has 130 valence electrons. The Kier molecular flexibility index (Phi) is 4.52. The largest absolute Gasteiger partial charge is 0.346 e. The predicted octanol–water partition coefficient (Wildman–Crippen LogP) is 4.07. The summed E-state index contributed by atoms with van der Waals surface area (Å²) in [4.78, 5) is 2.25. The zero-order chi connectivity index (χ0) is 17.4. The van der Waals surface area contributed by atoms with Crippen LogP contribution in [0.2, 0.25) is 5.02 Å². The summed E-state index contributed by atoms with van der Waals surface area (Å²) < 4.78 is 2.15. The molecule has 0 radical (unpaired) electrons. The minimum Gasteiger partial charge on any atom is -0.346 e. The SMILES string of the molecule is CCc1ccc(N2C[C@](O)(c3ccc(Cl)cc3)[N+]3=C2SCCC3)cc1. The Hall–Kier alpha value is -1.49. The molecule has 1 atom stereocenters. The van der Waals surface area contributed by atoms with Gasteiger partial charge in [-0.25, -0.2) is 9.48 Å². The molecular weight excluding hydrogens is 352 g/mol. The van der Waals surface area contributed by atoms with Gasteiger partial charge < -0.3 is 5.11 Å². The van der Waals surface area contributed by atoms with Gasteiger partial charge in [0.1, 0.15) is 5.69 Å². The Morgan fingerprint density at radius 1 is 1.16 bits per heavy atom. The highest BCUT2D eigenvalue weighted by Gasteiger charge is 2.53. The molecule has 0 aromatic heterocycles. The van der Waals surface area contributed by atoms with Gasteiger partial charge in [0.25, 0.3) is 5.72 Å². The number of nitrogens with zero attached hydrogens (tertiary/aromatic N) is 2. The second-order valence-corrected chi connectivity index (χ2v) is 8.06. The Bertz CT molecular complexity index is 803. The molecule has 1 N–H and O–H groups in total. The van der Waals surface area contributed by atoms with Crippen LogP contribution in [-0.2, 0) is 12.1 Å². The molecule has 0 unspecified atom stereocenters. The van der Waals surface area contributed by atoms with E-state index in [1.165, 1.54) is 5.56 Å². The van der Waals surface area contributed by atoms with E-state index in [-0.39, 0.29) is 0 Å². The van der Waals surface area contributed by atoms with Crippen molar-refractivity contribution in [3.63, 3.8) is 0 Å². The van der Waals surface area contributed by atoms with Crippen molar-refractivity contribution in [2.24, 2.45) is 0 Å². The van der Waals surface area contributed by atoms with Crippen molar-refractivity contribution >= 4 is 34.2 Å². The zero-order valence-corrected chi connectivity index (χ0v) is 15.9. The van der Waals surface area contributed by atoms with Crippen molar-refractivity contribution in [2.45, 2.75) is 25.5 Å². The van der Waals surface area contributed by atoms with Gasteiger partial charge in [-0.05, 0) is 54.4 Å². The Labute approximate surface area is 157 Å². The maximum Gasteiger partial charge on any atom is 0.316 e. The Balaban J connectivity index is 1.75. The number of hydrogen-bond acceptors (Lipinski definition) is 3. The van der Waals surface area contributed by atoms with Crippen LogP contribution in [-0.4, -0.2) is 33.7 Å². The summed E-state index contributed by atoms with van der Waals surface area (Å²) in [6, 6.07) is 16.2. The van der Waals surface area contributed by atoms with Crippen LogP contribution in [0.1, 0.15) is 24.5 Å². The normalized spacial score (nSPS) is 23.1. The van der Waals surface area contributed by atoms with Gasteiger partial charge in [0, 0.05) is 16.3 Å². The standard InChI is InChI=1S/C20H22ClN2OS/c1-2-15-4-10-18(11-5-15)22-14-20(24,16-6-8-17(21)9-7-16)23-12-3-13-25-19(22)23/h4-11,24H,2-3,12-14H2,1H3/q+1/t20-/m0/s1. The maximum atomic E-state index is 11.6. The Morgan fingerprint density at radius 2 is 1.88 bits per heavy atom. The van der Waals surface area contributed by atoms with Crippen molar-refractivity contribution in [3.05, 3.63) is 64.7 Å². The van der Waals surface area contributed by atoms with E-state index in [1.807, 2.05) is 36.0 Å². The highest BCUT2D eigenvalue weighted by Crippen LogP contribution is 2.37. The first-order valence-electron chi connectivity index (χ1n) is 8.74. The van der Waals surface area contributed by atoms with E-state index in [0.29, 0.717) is 11.6 Å². The molecule has 0 saturated carbocycles. The van der Waals surface area contributed by atoms with E-state index >= 15 is 0 Å². The van der Waals surface area contributed by atoms with Gasteiger partial charge >= 0.3 is 5.17 Å². The molecule has 25 heavy (non-hydrogen) atoms. The van der Waals surface area contributed by atoms with E-state index < -0.39 is 5.72 Å². The lowest BCUT2D eigenvalue weighted by Crippen LogP contribution is -2.41. The molecular formula is C20H22ClN2OS+. The van der Waals surface area contributed by atoms with Gasteiger partial charge in [0.2, 0.25) is 0 Å². The minimum absolute atomic E-state index is 0.530. The minimum atomic E-state index is -1.02. The van der Waals surface area contributed by atoms with Crippen LogP contribution in [0, 0.1) is 0 Å². The average Bonchev–Trinajstić information content (AvgIpc) is 2.97. The van der Waals surface area contributed by atoms with Gasteiger partial charge in [0.05, 0.1) is 6.54 Å². The third-order valence-electron chi connectivity index (χ3n) is 5.01. The van der Waals surface area contributed by atoms with E-state index in [4.69, 9.17) is 11.6 Å². The molecule has 0 saturated heterocycles. The van der Waals surface area contributed by atoms with Crippen LogP contribution in [0.3, 0.4) is 0 Å². The van der Waals surface area contributed by atoms with Crippen molar-refractivity contribution in [2.75, 3.05) is 23.7 Å². The van der Waals surface area contributed by atoms with Crippen LogP contribution in [0.5, 0.6) is 0 Å². The van der Waals surface area contributed by atoms with E-state index in [9.17, 15) is 5.11 Å². The number of hydrogen-bond donors (Lipinski definition) is 1. The number of amidine groups is 1. The molecule has 0 aliphatic carbocycles. The fraction of sp³-hybridized carbons (Fsp3) is 0.350. The highest BCUT2D eigenvalue weighted by atomic mass is 35.5. The highest BCUT2D eigenvalue weighted by molar-refractivity contribution is 8.13. The second-order valence-electron chi connectivity index (χ2n) is 6.57. The van der Waals surface area contributed by atoms with Gasteiger partial charge in [-0.1, -0.05) is 42.8 Å². The molecule has 2 aliphatic heterocycles. The van der Waals surface area contributed by atoms with Gasteiger partial charge in [0.15, 0.2) is 6.54 Å². The lowest BCUT2D eigenvalue weighted by molar-refractivity contribution is -0.656. The summed E-state index contributed by atoms with van der Waals surface area (Å²) in [7, 11) is 0. The first-order chi connectivity index (χ1) is 12.1. The molecule has 2 aliphatic rings. The lowest BCUT2D eigenvalue weighted by atomic mass is 10.0. The molecule has 4 rings (SSSR count). The monoisotopic (exact) mass is 373 g/mol. The molecule has 0 bridgehead atoms. The molecule has 3 nitrogen and oxygen atoms in total. The van der Waals surface area contributed by atoms with Crippen LogP contribution in [0.4, 0.5) is 5.69 Å². The summed E-state index contributed by atoms with van der Waals surface area (Å²) in [6.07, 6.45) is 2.11. The van der Waals surface area contributed by atoms with E-state index in [0.717, 1.165) is 41.6 Å². The molecule has 2 heterocycles. The third kappa shape index (κ3) is 2.97. The zero-order valence-electron chi connectivity index (χ0n) is 14.3. The number of β-amino-alcohol motifs (C(OH)–C–C–N with tert-alkyl or cyclic N) is 1. The molecule has 5 heteroatoms. The number of thioether (sulfide) groups is 1. The smallest absolute Gasteiger partial charge is 0.316 e. The van der Waals surface area contributed by atoms with Crippen molar-refractivity contribution in [1.82, 2.24) is 0 Å². The number of rotatable bonds is 3. The summed E-state index contributed by atoms with van der Waals surface area (Å²) in [5.41, 5.74) is 2.34. The number of anilines is 1. The average molecular weight is 374 g/mol. The van der Waals surface area contributed by atoms with Crippen LogP contribution in [0.25, 0.3) is 0 Å². The first kappa shape index (κ1) is 17.0. The van der Waals surface area contributed by atoms with Gasteiger partial charge in [-0.3, -0.25) is 0 Å². The van der Waals surface area contributed by atoms with Crippen molar-refractivity contribution in [3.8, 4) is 0 Å². The summed E-state index contributed by atoms with van der Waals surface area (Å²) in [5, 5.41) is 13.4. The Morgan fingerprint density at radius 3 is 2.56 bits per heavy atom. The summed E-state index contributed by atoms with van der Waals surface area (Å²) in [5.74, 6) is 1.09. The van der Waals surface area contributed by atoms with Gasteiger partial charge in [-0.2, -0.15) is 0 Å². The number of benzene rings is 2. The van der Waals surface area contributed by atoms with Gasteiger partial charge in [-0.15, -0.1) is 0 Å². The number of halogens is 1. The first-order valence-corrected chi connectivity index (χ1v) is 10.1. The third-order valence-corrected chi connectivity index (χ3v) is 6.45. The van der Waals surface area contributed by atoms with Crippen molar-refractivity contribution < 1.29 is 9.68 Å². The van der Waals surface area contributed by atoms with Crippen LogP contribution >= 0.6 is 23.4 Å². The fourth-order valence-corrected chi connectivity index (χ4v) is 4.88. The van der Waals surface area contributed by atoms with E-state index in [2.05, 4.69) is 40.7 Å². The van der Waals surface area contributed by atoms with E-state index in [1.54, 1.807) is 0 Å². The second kappa shape index (κ2) is 6.67. The fourth-order valence-electron chi connectivity index (χ4n) is 3.58. The molecule has 2 aromatic carbocycles. The lowest BCUT2D eigenvalue weighted by Gasteiger charge is -2.24. The molecule has 0 amide bonds.